The molecule has 0 saturated heterocycles. The van der Waals surface area contributed by atoms with Crippen LogP contribution in [0.3, 0.4) is 0 Å². The molecular formula is C16H20FN2O6PS. The smallest absolute Gasteiger partial charge is 0.414 e. The summed E-state index contributed by atoms with van der Waals surface area (Å²) in [6, 6.07) is 3.26. The number of hydrogen-bond donors (Lipinski definition) is 3. The summed E-state index contributed by atoms with van der Waals surface area (Å²) in [6.45, 7) is 1.69. The molecule has 148 valence electrons. The van der Waals surface area contributed by atoms with E-state index >= 15 is 0 Å². The summed E-state index contributed by atoms with van der Waals surface area (Å²) < 4.78 is 56.1. The molecule has 0 radical (unpaired) electrons. The lowest BCUT2D eigenvalue weighted by molar-refractivity contribution is 0.368. The maximum absolute atomic E-state index is 14.5. The van der Waals surface area contributed by atoms with Crippen LogP contribution in [0.2, 0.25) is 0 Å². The molecule has 8 nitrogen and oxygen atoms in total. The predicted octanol–water partition coefficient (Wildman–Crippen LogP) is 3.21. The number of aromatic nitrogens is 1. The first kappa shape index (κ1) is 20.2. The topological polar surface area (TPSA) is 130 Å². The van der Waals surface area contributed by atoms with Crippen molar-refractivity contribution in [3.05, 3.63) is 35.6 Å². The average molecular weight is 418 g/mol. The third kappa shape index (κ3) is 4.64. The van der Waals surface area contributed by atoms with E-state index in [1.54, 1.807) is 6.92 Å². The summed E-state index contributed by atoms with van der Waals surface area (Å²) in [5.74, 6) is -0.109. The van der Waals surface area contributed by atoms with Gasteiger partial charge in [-0.25, -0.2) is 22.4 Å². The van der Waals surface area contributed by atoms with Gasteiger partial charge in [0.05, 0.1) is 5.69 Å². The Hall–Kier alpha value is -1.58. The van der Waals surface area contributed by atoms with E-state index in [1.807, 2.05) is 0 Å². The van der Waals surface area contributed by atoms with Gasteiger partial charge in [-0.05, 0) is 31.0 Å². The first-order valence-electron chi connectivity index (χ1n) is 8.44. The van der Waals surface area contributed by atoms with Gasteiger partial charge in [0, 0.05) is 18.4 Å². The highest BCUT2D eigenvalue weighted by molar-refractivity contribution is 7.94. The van der Waals surface area contributed by atoms with Gasteiger partial charge in [-0.15, -0.1) is 4.49 Å². The molecule has 1 aliphatic rings. The van der Waals surface area contributed by atoms with E-state index in [1.165, 1.54) is 6.07 Å². The number of oxazole rings is 1. The van der Waals surface area contributed by atoms with Crippen LogP contribution in [0.1, 0.15) is 49.6 Å². The first-order chi connectivity index (χ1) is 12.6. The highest BCUT2D eigenvalue weighted by Crippen LogP contribution is 2.39. The average Bonchev–Trinajstić information content (AvgIpc) is 2.95. The molecule has 1 aromatic carbocycles. The molecule has 0 unspecified atom stereocenters. The predicted molar refractivity (Wildman–Crippen MR) is 94.8 cm³/mol. The lowest BCUT2D eigenvalue weighted by atomic mass is 9.85. The van der Waals surface area contributed by atoms with Crippen LogP contribution in [0, 0.1) is 12.7 Å². The van der Waals surface area contributed by atoms with Crippen LogP contribution in [-0.2, 0) is 14.6 Å². The van der Waals surface area contributed by atoms with Crippen LogP contribution in [0.15, 0.2) is 27.5 Å². The third-order valence-corrected chi connectivity index (χ3v) is 7.30. The van der Waals surface area contributed by atoms with Crippen molar-refractivity contribution < 1.29 is 31.6 Å². The van der Waals surface area contributed by atoms with Crippen molar-refractivity contribution in [1.29, 1.82) is 0 Å². The Morgan fingerprint density at radius 3 is 2.52 bits per heavy atom. The van der Waals surface area contributed by atoms with Crippen molar-refractivity contribution in [2.75, 3.05) is 0 Å². The van der Waals surface area contributed by atoms with E-state index in [4.69, 9.17) is 14.2 Å². The summed E-state index contributed by atoms with van der Waals surface area (Å²) in [6.07, 6.45) is 5.24. The number of benzene rings is 1. The molecule has 0 aliphatic heterocycles. The van der Waals surface area contributed by atoms with Gasteiger partial charge in [0.2, 0.25) is 0 Å². The minimum Gasteiger partial charge on any atom is -0.441 e. The normalized spacial score (nSPS) is 16.6. The van der Waals surface area contributed by atoms with Crippen molar-refractivity contribution in [2.24, 2.45) is 0 Å². The standard InChI is InChI=1S/C16H20FN2O6PS/c1-10-18-15(11-5-3-2-4-6-11)16(25-10)12-7-8-14(13(17)9-12)27(23,24)19-26(20,21)22/h7-9,11H,2-6H2,1H3,(H3,19,20,21,22). The number of nitrogens with zero attached hydrogens (tertiary/aromatic N) is 1. The van der Waals surface area contributed by atoms with Crippen molar-refractivity contribution in [1.82, 2.24) is 9.48 Å². The molecule has 1 saturated carbocycles. The van der Waals surface area contributed by atoms with Gasteiger partial charge in [-0.1, -0.05) is 19.3 Å². The first-order valence-corrected chi connectivity index (χ1v) is 11.5. The Labute approximate surface area is 156 Å². The zero-order valence-corrected chi connectivity index (χ0v) is 16.3. The summed E-state index contributed by atoms with van der Waals surface area (Å²) >= 11 is 0. The molecule has 0 amide bonds. The number of hydrogen-bond acceptors (Lipinski definition) is 5. The molecule has 2 aromatic rings. The zero-order chi connectivity index (χ0) is 19.8. The molecule has 0 bridgehead atoms. The lowest BCUT2D eigenvalue weighted by Gasteiger charge is -2.20. The largest absolute Gasteiger partial charge is 0.441 e. The summed E-state index contributed by atoms with van der Waals surface area (Å²) in [7, 11) is -9.81. The number of sulfonamides is 1. The van der Waals surface area contributed by atoms with Crippen LogP contribution in [0.5, 0.6) is 0 Å². The van der Waals surface area contributed by atoms with Crippen molar-refractivity contribution >= 4 is 17.8 Å². The van der Waals surface area contributed by atoms with Gasteiger partial charge in [0.15, 0.2) is 11.7 Å². The number of nitrogens with one attached hydrogen (secondary N) is 1. The molecule has 1 aliphatic carbocycles. The molecule has 1 fully saturated rings. The van der Waals surface area contributed by atoms with E-state index in [0.29, 0.717) is 17.2 Å². The second-order valence-corrected chi connectivity index (χ2v) is 9.83. The van der Waals surface area contributed by atoms with Crippen LogP contribution >= 0.6 is 7.75 Å². The fraction of sp³-hybridized carbons (Fsp3) is 0.438. The number of rotatable bonds is 5. The third-order valence-electron chi connectivity index (χ3n) is 4.47. The Kier molecular flexibility index (Phi) is 5.56. The van der Waals surface area contributed by atoms with Gasteiger partial charge >= 0.3 is 7.75 Å². The molecule has 1 aromatic heterocycles. The van der Waals surface area contributed by atoms with E-state index < -0.39 is 28.5 Å². The lowest BCUT2D eigenvalue weighted by Crippen LogP contribution is -2.21. The molecule has 0 spiro atoms. The fourth-order valence-electron chi connectivity index (χ4n) is 3.37. The Balaban J connectivity index is 1.98. The van der Waals surface area contributed by atoms with Gasteiger partial charge in [0.25, 0.3) is 10.0 Å². The Morgan fingerprint density at radius 2 is 1.93 bits per heavy atom. The van der Waals surface area contributed by atoms with E-state index in [2.05, 4.69) is 4.98 Å². The fourth-order valence-corrected chi connectivity index (χ4v) is 5.58. The van der Waals surface area contributed by atoms with Gasteiger partial charge in [-0.3, -0.25) is 0 Å². The quantitative estimate of drug-likeness (QED) is 0.636. The Bertz CT molecular complexity index is 994. The monoisotopic (exact) mass is 418 g/mol. The van der Waals surface area contributed by atoms with E-state index in [9.17, 15) is 17.4 Å². The van der Waals surface area contributed by atoms with Gasteiger partial charge in [0.1, 0.15) is 10.7 Å². The van der Waals surface area contributed by atoms with E-state index in [-0.39, 0.29) is 5.92 Å². The SMILES string of the molecule is Cc1nc(C2CCCCC2)c(-c2ccc(S(=O)(=O)NP(=O)(O)O)c(F)c2)o1. The zero-order valence-electron chi connectivity index (χ0n) is 14.6. The summed E-state index contributed by atoms with van der Waals surface area (Å²) in [4.78, 5) is 21.2. The molecule has 1 heterocycles. The van der Waals surface area contributed by atoms with Crippen molar-refractivity contribution in [3.63, 3.8) is 0 Å². The maximum atomic E-state index is 14.5. The minimum absolute atomic E-state index is 0.203. The second kappa shape index (κ2) is 7.44. The van der Waals surface area contributed by atoms with Crippen molar-refractivity contribution in [3.8, 4) is 11.3 Å². The van der Waals surface area contributed by atoms with Gasteiger partial charge in [-0.2, -0.15) is 0 Å². The summed E-state index contributed by atoms with van der Waals surface area (Å²) in [5, 5.41) is 0. The highest BCUT2D eigenvalue weighted by atomic mass is 32.2. The van der Waals surface area contributed by atoms with Crippen LogP contribution in [-0.4, -0.2) is 23.2 Å². The highest BCUT2D eigenvalue weighted by Gasteiger charge is 2.29. The maximum Gasteiger partial charge on any atom is 0.414 e. The second-order valence-electron chi connectivity index (χ2n) is 6.57. The number of halogens is 1. The van der Waals surface area contributed by atoms with Crippen LogP contribution in [0.25, 0.3) is 11.3 Å². The molecule has 3 rings (SSSR count). The Morgan fingerprint density at radius 1 is 1.26 bits per heavy atom. The van der Waals surface area contributed by atoms with Crippen LogP contribution in [0.4, 0.5) is 4.39 Å². The number of aryl methyl sites for hydroxylation is 1. The molecule has 3 N–H and O–H groups in total. The van der Waals surface area contributed by atoms with E-state index in [0.717, 1.165) is 54.4 Å². The van der Waals surface area contributed by atoms with Crippen LogP contribution < -0.4 is 4.49 Å². The molecule has 27 heavy (non-hydrogen) atoms. The minimum atomic E-state index is -5.10. The summed E-state index contributed by atoms with van der Waals surface area (Å²) in [5.41, 5.74) is 1.05. The molecule has 0 atom stereocenters. The molecular weight excluding hydrogens is 398 g/mol. The molecule has 11 heteroatoms. The van der Waals surface area contributed by atoms with Gasteiger partial charge < -0.3 is 14.2 Å². The van der Waals surface area contributed by atoms with Crippen molar-refractivity contribution in [2.45, 2.75) is 49.8 Å².